The summed E-state index contributed by atoms with van der Waals surface area (Å²) in [6.45, 7) is 1.61. The van der Waals surface area contributed by atoms with E-state index in [0.29, 0.717) is 16.4 Å². The molecule has 2 N–H and O–H groups in total. The van der Waals surface area contributed by atoms with E-state index in [0.717, 1.165) is 0 Å². The molecule has 0 aliphatic heterocycles. The van der Waals surface area contributed by atoms with Crippen LogP contribution in [-0.4, -0.2) is 32.3 Å². The number of hydrogen-bond donors (Lipinski definition) is 2. The van der Waals surface area contributed by atoms with Gasteiger partial charge in [0.25, 0.3) is 11.5 Å². The summed E-state index contributed by atoms with van der Waals surface area (Å²) in [5.41, 5.74) is 0.495. The summed E-state index contributed by atoms with van der Waals surface area (Å²) in [5, 5.41) is 7.47. The largest absolute Gasteiger partial charge is 0.373 e. The molecule has 2 heterocycles. The number of aromatic amines is 1. The van der Waals surface area contributed by atoms with E-state index < -0.39 is 31.1 Å². The molecule has 0 fully saturated rings. The molecule has 2 aromatic heterocycles. The van der Waals surface area contributed by atoms with E-state index in [9.17, 15) is 18.5 Å². The maximum atomic E-state index is 13.4. The lowest BCUT2D eigenvalue weighted by Gasteiger charge is -2.20. The zero-order valence-electron chi connectivity index (χ0n) is 16.9. The van der Waals surface area contributed by atoms with Gasteiger partial charge in [0.15, 0.2) is 5.30 Å². The third kappa shape index (κ3) is 4.53. The van der Waals surface area contributed by atoms with Gasteiger partial charge in [-0.15, -0.1) is 0 Å². The number of aromatic nitrogens is 4. The van der Waals surface area contributed by atoms with E-state index in [4.69, 9.17) is 0 Å². The smallest absolute Gasteiger partial charge is 0.341 e. The zero-order valence-corrected chi connectivity index (χ0v) is 17.8. The fourth-order valence-corrected chi connectivity index (χ4v) is 3.73. The second-order valence-electron chi connectivity index (χ2n) is 6.95. The van der Waals surface area contributed by atoms with Gasteiger partial charge >= 0.3 is 7.80 Å². The molecule has 0 saturated heterocycles. The molecule has 8 nitrogen and oxygen atoms in total. The molecule has 1 unspecified atom stereocenters. The number of nitrogens with one attached hydrogen (secondary N) is 2. The van der Waals surface area contributed by atoms with Crippen LogP contribution < -0.4 is 16.2 Å². The quantitative estimate of drug-likeness (QED) is 0.439. The van der Waals surface area contributed by atoms with Gasteiger partial charge in [0.2, 0.25) is 5.95 Å². The van der Waals surface area contributed by atoms with Gasteiger partial charge < -0.3 is 5.32 Å². The maximum absolute atomic E-state index is 13.4. The Hall–Kier alpha value is -3.97. The third-order valence-electron chi connectivity index (χ3n) is 4.82. The van der Waals surface area contributed by atoms with Crippen LogP contribution in [0.1, 0.15) is 27.5 Å². The van der Waals surface area contributed by atoms with Crippen molar-refractivity contribution in [2.45, 2.75) is 6.04 Å². The number of carbonyl (C=O) groups is 1. The first-order chi connectivity index (χ1) is 15.4. The highest BCUT2D eigenvalue weighted by Gasteiger charge is 2.22. The van der Waals surface area contributed by atoms with E-state index in [1.807, 2.05) is 0 Å². The van der Waals surface area contributed by atoms with Crippen molar-refractivity contribution >= 4 is 19.0 Å². The average molecular weight is 450 g/mol. The fourth-order valence-electron chi connectivity index (χ4n) is 3.16. The fraction of sp³-hybridized carbons (Fsp3) is 0.0909. The Kier molecular flexibility index (Phi) is 6.00. The van der Waals surface area contributed by atoms with Crippen LogP contribution in [0.15, 0.2) is 78.0 Å². The zero-order chi connectivity index (χ0) is 22.7. The van der Waals surface area contributed by atoms with Crippen LogP contribution in [0.25, 0.3) is 5.95 Å². The first kappa shape index (κ1) is 21.3. The van der Waals surface area contributed by atoms with Gasteiger partial charge in [-0.2, -0.15) is 5.10 Å². The molecule has 0 spiro atoms. The highest BCUT2D eigenvalue weighted by atomic mass is 31.1. The number of halogens is 1. The Morgan fingerprint density at radius 1 is 1.12 bits per heavy atom. The molecule has 10 heteroatoms. The van der Waals surface area contributed by atoms with Crippen molar-refractivity contribution in [2.75, 3.05) is 6.66 Å². The number of carbonyl (C=O) groups excluding carboxylic acids is 1. The van der Waals surface area contributed by atoms with Gasteiger partial charge in [-0.25, -0.2) is 14.1 Å². The van der Waals surface area contributed by atoms with Crippen LogP contribution in [0.3, 0.4) is 0 Å². The van der Waals surface area contributed by atoms with E-state index in [1.54, 1.807) is 55.3 Å². The molecule has 0 radical (unpaired) electrons. The monoisotopic (exact) mass is 450 g/mol. The van der Waals surface area contributed by atoms with Crippen molar-refractivity contribution in [1.82, 2.24) is 25.1 Å². The number of nitrogens with zero attached hydrogens (tertiary/aromatic N) is 3. The molecule has 160 valence electrons. The van der Waals surface area contributed by atoms with Crippen LogP contribution in [0.5, 0.6) is 0 Å². The molecule has 0 saturated carbocycles. The number of hydrogen-bond acceptors (Lipinski definition) is 5. The second-order valence-corrected chi connectivity index (χ2v) is 8.46. The molecular weight excluding hydrogens is 432 g/mol. The SMILES string of the molecule is C[P+](=O)c1ccc([C@H](NC(=O)c2cnc(-n3cccn3)[nH]c2=O)c2ccc(F)cc2)cc1. The van der Waals surface area contributed by atoms with Gasteiger partial charge in [0, 0.05) is 18.6 Å². The maximum Gasteiger partial charge on any atom is 0.373 e. The summed E-state index contributed by atoms with van der Waals surface area (Å²) in [5.74, 6) is -0.881. The Balaban J connectivity index is 1.66. The molecule has 2 atom stereocenters. The van der Waals surface area contributed by atoms with Crippen molar-refractivity contribution in [3.8, 4) is 5.95 Å². The van der Waals surface area contributed by atoms with Crippen molar-refractivity contribution in [3.63, 3.8) is 0 Å². The van der Waals surface area contributed by atoms with Gasteiger partial charge in [0.1, 0.15) is 18.0 Å². The highest BCUT2D eigenvalue weighted by Crippen LogP contribution is 2.24. The van der Waals surface area contributed by atoms with Gasteiger partial charge in [-0.05, 0) is 41.5 Å². The molecular formula is C22H18FN5O3P+. The van der Waals surface area contributed by atoms with Crippen LogP contribution in [-0.2, 0) is 4.57 Å². The normalized spacial score (nSPS) is 12.2. The Labute approximate surface area is 182 Å². The van der Waals surface area contributed by atoms with Crippen molar-refractivity contribution in [1.29, 1.82) is 0 Å². The van der Waals surface area contributed by atoms with Crippen LogP contribution in [0.4, 0.5) is 4.39 Å². The molecule has 4 rings (SSSR count). The first-order valence-corrected chi connectivity index (χ1v) is 11.3. The first-order valence-electron chi connectivity index (χ1n) is 9.59. The van der Waals surface area contributed by atoms with E-state index in [1.165, 1.54) is 29.2 Å². The van der Waals surface area contributed by atoms with Crippen molar-refractivity contribution in [2.24, 2.45) is 0 Å². The van der Waals surface area contributed by atoms with Crippen molar-refractivity contribution in [3.05, 3.63) is 106 Å². The topological polar surface area (TPSA) is 110 Å². The molecule has 0 aliphatic carbocycles. The summed E-state index contributed by atoms with van der Waals surface area (Å²) in [4.78, 5) is 32.1. The predicted octanol–water partition coefficient (Wildman–Crippen LogP) is 2.70. The van der Waals surface area contributed by atoms with Gasteiger partial charge in [-0.3, -0.25) is 14.6 Å². The predicted molar refractivity (Wildman–Crippen MR) is 117 cm³/mol. The van der Waals surface area contributed by atoms with E-state index in [-0.39, 0.29) is 11.5 Å². The van der Waals surface area contributed by atoms with Crippen molar-refractivity contribution < 1.29 is 13.8 Å². The molecule has 0 bridgehead atoms. The molecule has 2 aromatic carbocycles. The molecule has 32 heavy (non-hydrogen) atoms. The molecule has 4 aromatic rings. The summed E-state index contributed by atoms with van der Waals surface area (Å²) < 4.78 is 26.5. The van der Waals surface area contributed by atoms with E-state index in [2.05, 4.69) is 20.4 Å². The minimum atomic E-state index is -1.51. The summed E-state index contributed by atoms with van der Waals surface area (Å²) >= 11 is 0. The van der Waals surface area contributed by atoms with Gasteiger partial charge in [0.05, 0.1) is 6.04 Å². The Morgan fingerprint density at radius 2 is 1.78 bits per heavy atom. The highest BCUT2D eigenvalue weighted by molar-refractivity contribution is 7.52. The lowest BCUT2D eigenvalue weighted by atomic mass is 9.98. The minimum absolute atomic E-state index is 0.177. The lowest BCUT2D eigenvalue weighted by Crippen LogP contribution is -2.34. The van der Waals surface area contributed by atoms with Crippen LogP contribution in [0.2, 0.25) is 0 Å². The average Bonchev–Trinajstić information content (AvgIpc) is 3.33. The number of H-pyrrole nitrogens is 1. The molecule has 1 amide bonds. The summed E-state index contributed by atoms with van der Waals surface area (Å²) in [6.07, 6.45) is 4.32. The number of amides is 1. The third-order valence-corrected chi connectivity index (χ3v) is 5.85. The Morgan fingerprint density at radius 3 is 2.34 bits per heavy atom. The Bertz CT molecular complexity index is 1320. The van der Waals surface area contributed by atoms with Gasteiger partial charge in [-0.1, -0.05) is 28.8 Å². The second kappa shape index (κ2) is 9.03. The number of benzene rings is 2. The minimum Gasteiger partial charge on any atom is -0.341 e. The summed E-state index contributed by atoms with van der Waals surface area (Å²) in [6, 6.07) is 13.6. The lowest BCUT2D eigenvalue weighted by molar-refractivity contribution is 0.0941. The van der Waals surface area contributed by atoms with Crippen LogP contribution >= 0.6 is 7.80 Å². The summed E-state index contributed by atoms with van der Waals surface area (Å²) in [7, 11) is -1.51. The molecule has 0 aliphatic rings. The van der Waals surface area contributed by atoms with Crippen LogP contribution in [0, 0.1) is 5.82 Å². The standard InChI is InChI=1S/C22H17FN5O3P/c1-32(31)17-9-5-15(6-10-17)19(14-3-7-16(23)8-4-14)26-20(29)18-13-24-22(27-21(18)30)28-12-2-11-25-28/h2-13,19H,1H3,(H-,24,26,27,29,30)/p+1/t19-/m1/s1. The van der Waals surface area contributed by atoms with E-state index >= 15 is 0 Å². The number of rotatable bonds is 6.